The molecular formula is C15H18N2O2S. The summed E-state index contributed by atoms with van der Waals surface area (Å²) in [5.41, 5.74) is 2.03. The zero-order valence-corrected chi connectivity index (χ0v) is 12.4. The molecule has 1 heterocycles. The summed E-state index contributed by atoms with van der Waals surface area (Å²) >= 11 is 0. The highest BCUT2D eigenvalue weighted by molar-refractivity contribution is 7.90. The predicted molar refractivity (Wildman–Crippen MR) is 79.0 cm³/mol. The molecule has 0 amide bonds. The Morgan fingerprint density at radius 3 is 2.40 bits per heavy atom. The number of nitrogens with one attached hydrogen (secondary N) is 1. The molecule has 0 saturated heterocycles. The molecule has 0 fully saturated rings. The Morgan fingerprint density at radius 2 is 1.85 bits per heavy atom. The Morgan fingerprint density at radius 1 is 1.15 bits per heavy atom. The van der Waals surface area contributed by atoms with Gasteiger partial charge < -0.3 is 5.32 Å². The Balaban J connectivity index is 2.01. The van der Waals surface area contributed by atoms with Crippen LogP contribution in [0.25, 0.3) is 0 Å². The third-order valence-corrected chi connectivity index (χ3v) is 4.25. The zero-order chi connectivity index (χ0) is 14.6. The molecular weight excluding hydrogens is 272 g/mol. The summed E-state index contributed by atoms with van der Waals surface area (Å²) in [6.45, 7) is 2.72. The van der Waals surface area contributed by atoms with Crippen LogP contribution in [0.4, 0.5) is 0 Å². The molecule has 0 aliphatic carbocycles. The maximum Gasteiger partial charge on any atom is 0.175 e. The fourth-order valence-corrected chi connectivity index (χ4v) is 2.51. The number of aromatic nitrogens is 1. The van der Waals surface area contributed by atoms with Crippen LogP contribution in [-0.4, -0.2) is 19.7 Å². The summed E-state index contributed by atoms with van der Waals surface area (Å²) in [5, 5.41) is 3.36. The normalized spacial score (nSPS) is 13.1. The fraction of sp³-hybridized carbons (Fsp3) is 0.267. The molecule has 0 radical (unpaired) electrons. The van der Waals surface area contributed by atoms with Crippen LogP contribution in [0.1, 0.15) is 24.2 Å². The minimum absolute atomic E-state index is 0.130. The van der Waals surface area contributed by atoms with E-state index >= 15 is 0 Å². The van der Waals surface area contributed by atoms with Crippen LogP contribution in [0.15, 0.2) is 53.6 Å². The van der Waals surface area contributed by atoms with E-state index in [1.54, 1.807) is 18.3 Å². The first-order chi connectivity index (χ1) is 9.47. The van der Waals surface area contributed by atoms with Crippen LogP contribution < -0.4 is 5.32 Å². The topological polar surface area (TPSA) is 59.1 Å². The number of benzene rings is 1. The lowest BCUT2D eigenvalue weighted by atomic mass is 10.1. The van der Waals surface area contributed by atoms with Gasteiger partial charge in [-0.1, -0.05) is 18.2 Å². The first kappa shape index (κ1) is 14.7. The summed E-state index contributed by atoms with van der Waals surface area (Å²) in [4.78, 5) is 4.59. The van der Waals surface area contributed by atoms with Gasteiger partial charge in [-0.25, -0.2) is 8.42 Å². The first-order valence-corrected chi connectivity index (χ1v) is 8.29. The van der Waals surface area contributed by atoms with Crippen molar-refractivity contribution in [1.82, 2.24) is 10.3 Å². The molecule has 1 atom stereocenters. The Bertz CT molecular complexity index is 652. The van der Waals surface area contributed by atoms with Crippen molar-refractivity contribution in [2.45, 2.75) is 24.4 Å². The third kappa shape index (κ3) is 3.88. The van der Waals surface area contributed by atoms with Gasteiger partial charge in [-0.3, -0.25) is 4.98 Å². The Hall–Kier alpha value is -1.72. The zero-order valence-electron chi connectivity index (χ0n) is 11.6. The minimum Gasteiger partial charge on any atom is -0.305 e. The second-order valence-electron chi connectivity index (χ2n) is 4.76. The van der Waals surface area contributed by atoms with Crippen LogP contribution in [-0.2, 0) is 16.4 Å². The van der Waals surface area contributed by atoms with Crippen LogP contribution >= 0.6 is 0 Å². The van der Waals surface area contributed by atoms with Gasteiger partial charge in [0.15, 0.2) is 9.84 Å². The average molecular weight is 290 g/mol. The lowest BCUT2D eigenvalue weighted by Crippen LogP contribution is -2.18. The highest BCUT2D eigenvalue weighted by Gasteiger charge is 2.09. The molecule has 0 bridgehead atoms. The van der Waals surface area contributed by atoms with E-state index in [-0.39, 0.29) is 6.04 Å². The van der Waals surface area contributed by atoms with Gasteiger partial charge in [0, 0.05) is 25.0 Å². The quantitative estimate of drug-likeness (QED) is 0.918. The van der Waals surface area contributed by atoms with E-state index < -0.39 is 9.84 Å². The summed E-state index contributed by atoms with van der Waals surface area (Å²) in [7, 11) is -3.13. The van der Waals surface area contributed by atoms with E-state index in [0.717, 1.165) is 11.3 Å². The van der Waals surface area contributed by atoms with Gasteiger partial charge in [-0.05, 0) is 36.8 Å². The largest absolute Gasteiger partial charge is 0.305 e. The number of nitrogens with zero attached hydrogens (tertiary/aromatic N) is 1. The second-order valence-corrected chi connectivity index (χ2v) is 6.78. The van der Waals surface area contributed by atoms with Crippen LogP contribution in [0.2, 0.25) is 0 Å². The van der Waals surface area contributed by atoms with Crippen molar-refractivity contribution in [2.24, 2.45) is 0 Å². The lowest BCUT2D eigenvalue weighted by Gasteiger charge is -2.14. The van der Waals surface area contributed by atoms with Gasteiger partial charge in [0.05, 0.1) is 10.6 Å². The molecule has 1 aromatic heterocycles. The number of sulfone groups is 1. The second kappa shape index (κ2) is 6.15. The van der Waals surface area contributed by atoms with E-state index in [0.29, 0.717) is 11.4 Å². The number of rotatable bonds is 5. The molecule has 4 nitrogen and oxygen atoms in total. The van der Waals surface area contributed by atoms with E-state index in [4.69, 9.17) is 0 Å². The maximum atomic E-state index is 11.4. The van der Waals surface area contributed by atoms with Gasteiger partial charge in [0.2, 0.25) is 0 Å². The number of pyridine rings is 1. The molecule has 0 saturated carbocycles. The van der Waals surface area contributed by atoms with Crippen molar-refractivity contribution >= 4 is 9.84 Å². The summed E-state index contributed by atoms with van der Waals surface area (Å²) < 4.78 is 22.8. The molecule has 0 aliphatic heterocycles. The average Bonchev–Trinajstić information content (AvgIpc) is 2.45. The summed E-state index contributed by atoms with van der Waals surface area (Å²) in [6.07, 6.45) is 2.98. The van der Waals surface area contributed by atoms with E-state index in [1.165, 1.54) is 6.26 Å². The maximum absolute atomic E-state index is 11.4. The number of hydrogen-bond donors (Lipinski definition) is 1. The first-order valence-electron chi connectivity index (χ1n) is 6.40. The molecule has 0 aliphatic rings. The van der Waals surface area contributed by atoms with E-state index in [1.807, 2.05) is 37.3 Å². The fourth-order valence-electron chi connectivity index (χ4n) is 1.88. The van der Waals surface area contributed by atoms with Gasteiger partial charge in [-0.2, -0.15) is 0 Å². The van der Waals surface area contributed by atoms with Crippen LogP contribution in [0.5, 0.6) is 0 Å². The molecule has 2 rings (SSSR count). The van der Waals surface area contributed by atoms with Crippen LogP contribution in [0, 0.1) is 0 Å². The Kier molecular flexibility index (Phi) is 4.52. The molecule has 20 heavy (non-hydrogen) atoms. The molecule has 106 valence electrons. The van der Waals surface area contributed by atoms with Crippen molar-refractivity contribution in [3.8, 4) is 0 Å². The molecule has 1 unspecified atom stereocenters. The Labute approximate surface area is 119 Å². The molecule has 1 N–H and O–H groups in total. The molecule has 1 aromatic carbocycles. The van der Waals surface area contributed by atoms with Crippen LogP contribution in [0.3, 0.4) is 0 Å². The summed E-state index contributed by atoms with van der Waals surface area (Å²) in [5.74, 6) is 0. The van der Waals surface area contributed by atoms with Gasteiger partial charge in [0.25, 0.3) is 0 Å². The minimum atomic E-state index is -3.13. The van der Waals surface area contributed by atoms with Gasteiger partial charge in [0.1, 0.15) is 0 Å². The standard InChI is InChI=1S/C15H18N2O2S/c1-12(17-11-14-5-3-4-10-16-14)13-6-8-15(9-7-13)20(2,18)19/h3-10,12,17H,11H2,1-2H3. The SMILES string of the molecule is CC(NCc1ccccn1)c1ccc(S(C)(=O)=O)cc1. The molecule has 5 heteroatoms. The van der Waals surface area contributed by atoms with Crippen molar-refractivity contribution in [2.75, 3.05) is 6.26 Å². The highest BCUT2D eigenvalue weighted by Crippen LogP contribution is 2.16. The number of hydrogen-bond acceptors (Lipinski definition) is 4. The predicted octanol–water partition coefficient (Wildman–Crippen LogP) is 2.34. The van der Waals surface area contributed by atoms with Crippen molar-refractivity contribution in [3.05, 3.63) is 59.9 Å². The van der Waals surface area contributed by atoms with Gasteiger partial charge >= 0.3 is 0 Å². The summed E-state index contributed by atoms with van der Waals surface area (Å²) in [6, 6.07) is 12.9. The molecule has 0 spiro atoms. The van der Waals surface area contributed by atoms with Crippen molar-refractivity contribution < 1.29 is 8.42 Å². The lowest BCUT2D eigenvalue weighted by molar-refractivity contribution is 0.567. The third-order valence-electron chi connectivity index (χ3n) is 3.12. The van der Waals surface area contributed by atoms with Crippen molar-refractivity contribution in [3.63, 3.8) is 0 Å². The monoisotopic (exact) mass is 290 g/mol. The molecule has 2 aromatic rings. The van der Waals surface area contributed by atoms with Crippen molar-refractivity contribution in [1.29, 1.82) is 0 Å². The van der Waals surface area contributed by atoms with Gasteiger partial charge in [-0.15, -0.1) is 0 Å². The van der Waals surface area contributed by atoms with E-state index in [2.05, 4.69) is 10.3 Å². The van der Waals surface area contributed by atoms with E-state index in [9.17, 15) is 8.42 Å². The highest BCUT2D eigenvalue weighted by atomic mass is 32.2. The smallest absolute Gasteiger partial charge is 0.175 e.